The molecular weight excluding hydrogens is 312 g/mol. The first-order valence-electron chi connectivity index (χ1n) is 7.41. The van der Waals surface area contributed by atoms with E-state index in [4.69, 9.17) is 4.42 Å². The van der Waals surface area contributed by atoms with Crippen molar-refractivity contribution < 1.29 is 9.21 Å². The van der Waals surface area contributed by atoms with E-state index < -0.39 is 0 Å². The number of fused-ring (bicyclic) bond motifs is 1. The number of hydrogen-bond donors (Lipinski definition) is 1. The molecule has 120 valence electrons. The topological polar surface area (TPSA) is 73.0 Å². The lowest BCUT2D eigenvalue weighted by atomic mass is 10.3. The van der Waals surface area contributed by atoms with E-state index in [1.165, 1.54) is 11.8 Å². The molecule has 0 saturated heterocycles. The summed E-state index contributed by atoms with van der Waals surface area (Å²) in [6, 6.07) is 9.51. The fraction of sp³-hybridized carbons (Fsp3) is 0.312. The Morgan fingerprint density at radius 2 is 2.04 bits per heavy atom. The van der Waals surface area contributed by atoms with E-state index in [-0.39, 0.29) is 17.2 Å². The highest BCUT2D eigenvalue weighted by molar-refractivity contribution is 8.00. The van der Waals surface area contributed by atoms with Crippen LogP contribution in [0, 0.1) is 0 Å². The van der Waals surface area contributed by atoms with Crippen molar-refractivity contribution in [2.75, 3.05) is 5.32 Å². The van der Waals surface area contributed by atoms with Gasteiger partial charge in [0, 0.05) is 12.1 Å². The molecule has 0 saturated carbocycles. The fourth-order valence-electron chi connectivity index (χ4n) is 2.16. The van der Waals surface area contributed by atoms with E-state index in [1.54, 1.807) is 16.9 Å². The van der Waals surface area contributed by atoms with Crippen LogP contribution >= 0.6 is 11.8 Å². The maximum atomic E-state index is 12.4. The molecule has 1 aromatic carbocycles. The predicted octanol–water partition coefficient (Wildman–Crippen LogP) is 3.72. The molecule has 0 radical (unpaired) electrons. The number of aromatic nitrogens is 3. The standard InChI is InChI=1S/C16H18N4O2S/c1-10(2)20-14(8-9-17-20)19-15(21)11(3)23-16-18-12-6-4-5-7-13(12)22-16/h4-11H,1-3H3,(H,19,21)/t11-/m1/s1. The van der Waals surface area contributed by atoms with Gasteiger partial charge in [0.1, 0.15) is 11.3 Å². The largest absolute Gasteiger partial charge is 0.431 e. The van der Waals surface area contributed by atoms with Crippen molar-refractivity contribution in [1.82, 2.24) is 14.8 Å². The lowest BCUT2D eigenvalue weighted by Crippen LogP contribution is -2.24. The third kappa shape index (κ3) is 3.39. The molecule has 2 heterocycles. The zero-order valence-electron chi connectivity index (χ0n) is 13.2. The third-order valence-electron chi connectivity index (χ3n) is 3.33. The van der Waals surface area contributed by atoms with Gasteiger partial charge in [-0.3, -0.25) is 4.79 Å². The molecule has 3 rings (SSSR count). The van der Waals surface area contributed by atoms with Gasteiger partial charge in [-0.05, 0) is 32.9 Å². The number of oxazole rings is 1. The second-order valence-electron chi connectivity index (χ2n) is 5.45. The summed E-state index contributed by atoms with van der Waals surface area (Å²) >= 11 is 1.29. The SMILES string of the molecule is CC(C)n1nccc1NC(=O)[C@@H](C)Sc1nc2ccccc2o1. The Morgan fingerprint density at radius 3 is 2.78 bits per heavy atom. The molecular formula is C16H18N4O2S. The van der Waals surface area contributed by atoms with Crippen molar-refractivity contribution in [2.24, 2.45) is 0 Å². The van der Waals surface area contributed by atoms with Crippen molar-refractivity contribution in [3.05, 3.63) is 36.5 Å². The number of carbonyl (C=O) groups is 1. The lowest BCUT2D eigenvalue weighted by molar-refractivity contribution is -0.115. The van der Waals surface area contributed by atoms with Crippen LogP contribution in [-0.2, 0) is 4.79 Å². The zero-order chi connectivity index (χ0) is 16.4. The minimum absolute atomic E-state index is 0.111. The minimum Gasteiger partial charge on any atom is -0.431 e. The Morgan fingerprint density at radius 1 is 1.26 bits per heavy atom. The van der Waals surface area contributed by atoms with E-state index >= 15 is 0 Å². The van der Waals surface area contributed by atoms with Gasteiger partial charge in [-0.2, -0.15) is 5.10 Å². The van der Waals surface area contributed by atoms with Crippen LogP contribution in [0.15, 0.2) is 46.2 Å². The number of thioether (sulfide) groups is 1. The summed E-state index contributed by atoms with van der Waals surface area (Å²) in [6.07, 6.45) is 1.67. The minimum atomic E-state index is -0.335. The molecule has 23 heavy (non-hydrogen) atoms. The molecule has 0 aliphatic rings. The van der Waals surface area contributed by atoms with Gasteiger partial charge in [0.05, 0.1) is 11.4 Å². The summed E-state index contributed by atoms with van der Waals surface area (Å²) in [5.41, 5.74) is 1.51. The average Bonchev–Trinajstić information content (AvgIpc) is 3.12. The monoisotopic (exact) mass is 330 g/mol. The molecule has 2 aromatic heterocycles. The Kier molecular flexibility index (Phi) is 4.38. The number of nitrogens with zero attached hydrogens (tertiary/aromatic N) is 3. The second kappa shape index (κ2) is 6.45. The quantitative estimate of drug-likeness (QED) is 0.722. The number of amides is 1. The molecule has 0 bridgehead atoms. The number of benzene rings is 1. The van der Waals surface area contributed by atoms with Crippen LogP contribution in [0.2, 0.25) is 0 Å². The first-order valence-corrected chi connectivity index (χ1v) is 8.29. The van der Waals surface area contributed by atoms with E-state index in [9.17, 15) is 4.79 Å². The van der Waals surface area contributed by atoms with Gasteiger partial charge in [0.15, 0.2) is 5.58 Å². The van der Waals surface area contributed by atoms with Crippen LogP contribution in [0.25, 0.3) is 11.1 Å². The summed E-state index contributed by atoms with van der Waals surface area (Å²) in [6.45, 7) is 5.85. The van der Waals surface area contributed by atoms with Crippen LogP contribution in [0.5, 0.6) is 0 Å². The van der Waals surface area contributed by atoms with Crippen molar-refractivity contribution in [1.29, 1.82) is 0 Å². The van der Waals surface area contributed by atoms with Gasteiger partial charge >= 0.3 is 0 Å². The smallest absolute Gasteiger partial charge is 0.257 e. The Bertz CT molecular complexity index is 791. The normalized spacial score (nSPS) is 12.7. The second-order valence-corrected chi connectivity index (χ2v) is 6.74. The highest BCUT2D eigenvalue weighted by Gasteiger charge is 2.19. The molecule has 0 unspecified atom stereocenters. The summed E-state index contributed by atoms with van der Waals surface area (Å²) in [4.78, 5) is 16.7. The van der Waals surface area contributed by atoms with E-state index in [0.717, 1.165) is 11.1 Å². The molecule has 1 atom stereocenters. The highest BCUT2D eigenvalue weighted by Crippen LogP contribution is 2.27. The van der Waals surface area contributed by atoms with Crippen molar-refractivity contribution in [3.8, 4) is 0 Å². The van der Waals surface area contributed by atoms with Crippen LogP contribution < -0.4 is 5.32 Å². The summed E-state index contributed by atoms with van der Waals surface area (Å²) in [7, 11) is 0. The lowest BCUT2D eigenvalue weighted by Gasteiger charge is -2.13. The maximum absolute atomic E-state index is 12.4. The summed E-state index contributed by atoms with van der Waals surface area (Å²) in [5, 5.41) is 7.26. The van der Waals surface area contributed by atoms with E-state index in [2.05, 4.69) is 15.4 Å². The van der Waals surface area contributed by atoms with E-state index in [0.29, 0.717) is 11.0 Å². The van der Waals surface area contributed by atoms with Crippen LogP contribution in [0.1, 0.15) is 26.8 Å². The molecule has 1 N–H and O–H groups in total. The molecule has 0 aliphatic carbocycles. The van der Waals surface area contributed by atoms with Crippen LogP contribution in [-0.4, -0.2) is 25.9 Å². The highest BCUT2D eigenvalue weighted by atomic mass is 32.2. The molecule has 0 fully saturated rings. The number of nitrogens with one attached hydrogen (secondary N) is 1. The first kappa shape index (κ1) is 15.6. The number of hydrogen-bond acceptors (Lipinski definition) is 5. The third-order valence-corrected chi connectivity index (χ3v) is 4.28. The number of rotatable bonds is 5. The van der Waals surface area contributed by atoms with Gasteiger partial charge in [-0.1, -0.05) is 23.9 Å². The average molecular weight is 330 g/mol. The first-order chi connectivity index (χ1) is 11.0. The summed E-state index contributed by atoms with van der Waals surface area (Å²) in [5.74, 6) is 0.578. The fourth-order valence-corrected chi connectivity index (χ4v) is 2.92. The van der Waals surface area contributed by atoms with Gasteiger partial charge in [-0.25, -0.2) is 9.67 Å². The van der Waals surface area contributed by atoms with Gasteiger partial charge in [0.2, 0.25) is 5.91 Å². The molecule has 0 spiro atoms. The Balaban J connectivity index is 1.68. The number of carbonyl (C=O) groups excluding carboxylic acids is 1. The molecule has 1 amide bonds. The number of anilines is 1. The summed E-state index contributed by atoms with van der Waals surface area (Å²) < 4.78 is 7.41. The molecule has 3 aromatic rings. The van der Waals surface area contributed by atoms with Crippen molar-refractivity contribution in [3.63, 3.8) is 0 Å². The van der Waals surface area contributed by atoms with Crippen molar-refractivity contribution in [2.45, 2.75) is 37.3 Å². The van der Waals surface area contributed by atoms with Crippen LogP contribution in [0.3, 0.4) is 0 Å². The number of para-hydroxylation sites is 2. The van der Waals surface area contributed by atoms with Gasteiger partial charge in [-0.15, -0.1) is 0 Å². The van der Waals surface area contributed by atoms with Gasteiger partial charge in [0.25, 0.3) is 5.22 Å². The Hall–Kier alpha value is -2.28. The van der Waals surface area contributed by atoms with Gasteiger partial charge < -0.3 is 9.73 Å². The molecule has 0 aliphatic heterocycles. The Labute approximate surface area is 138 Å². The molecule has 7 heteroatoms. The maximum Gasteiger partial charge on any atom is 0.257 e. The van der Waals surface area contributed by atoms with E-state index in [1.807, 2.05) is 45.0 Å². The predicted molar refractivity (Wildman–Crippen MR) is 90.6 cm³/mol. The van der Waals surface area contributed by atoms with Crippen LogP contribution in [0.4, 0.5) is 5.82 Å². The zero-order valence-corrected chi connectivity index (χ0v) is 14.0. The van der Waals surface area contributed by atoms with Crippen molar-refractivity contribution >= 4 is 34.6 Å². The molecule has 6 nitrogen and oxygen atoms in total.